The van der Waals surface area contributed by atoms with E-state index < -0.39 is 0 Å². The fourth-order valence-electron chi connectivity index (χ4n) is 7.13. The molecule has 9 aromatic rings. The summed E-state index contributed by atoms with van der Waals surface area (Å²) in [5, 5.41) is 5.85. The first-order chi connectivity index (χ1) is 21.9. The molecule has 0 unspecified atom stereocenters. The maximum Gasteiger partial charge on any atom is 0.213 e. The van der Waals surface area contributed by atoms with Crippen LogP contribution >= 0.6 is 0 Å². The van der Waals surface area contributed by atoms with Crippen LogP contribution in [0, 0.1) is 0 Å². The molecular weight excluding hydrogens is 538 g/mol. The van der Waals surface area contributed by atoms with E-state index in [2.05, 4.69) is 147 Å². The molecule has 0 saturated carbocycles. The minimum Gasteiger partial charge on any atom is -0.439 e. The van der Waals surface area contributed by atoms with Crippen LogP contribution in [0.15, 0.2) is 143 Å². The van der Waals surface area contributed by atoms with Gasteiger partial charge in [-0.3, -0.25) is 13.7 Å². The normalized spacial score (nSPS) is 12.5. The predicted octanol–water partition coefficient (Wildman–Crippen LogP) is 10.2. The van der Waals surface area contributed by atoms with E-state index in [4.69, 9.17) is 4.42 Å². The standard InChI is InChI=1S/C40H23N3O/c1-3-13-26(14-4-1)41-33-20-10-7-17-29(33)37-30-18-8-11-21-34(30)42(39(37)41)28-23-24-31-35(25-28)43(27-15-5-2-6-16-27)40-38(31)32-19-9-12-22-36(32)44-40/h1-6,8-9,11-25H. The van der Waals surface area contributed by atoms with Gasteiger partial charge in [-0.05, 0) is 60.7 Å². The number of benzene rings is 5. The highest BCUT2D eigenvalue weighted by molar-refractivity contribution is 6.20. The van der Waals surface area contributed by atoms with Crippen LogP contribution in [0.2, 0.25) is 0 Å². The average Bonchev–Trinajstić information content (AvgIpc) is 3.80. The molecule has 4 aromatic heterocycles. The fourth-order valence-corrected chi connectivity index (χ4v) is 7.13. The van der Waals surface area contributed by atoms with Crippen molar-refractivity contribution in [1.29, 1.82) is 0 Å². The number of nitrogens with zero attached hydrogens (tertiary/aromatic N) is 3. The third kappa shape index (κ3) is 3.02. The fraction of sp³-hybridized carbons (Fsp3) is 0. The molecule has 0 fully saturated rings. The van der Waals surface area contributed by atoms with Gasteiger partial charge in [0.15, 0.2) is 0 Å². The summed E-state index contributed by atoms with van der Waals surface area (Å²) in [6.45, 7) is 0. The zero-order valence-electron chi connectivity index (χ0n) is 23.5. The van der Waals surface area contributed by atoms with E-state index in [9.17, 15) is 0 Å². The molecule has 0 radical (unpaired) electrons. The Labute approximate surface area is 251 Å². The van der Waals surface area contributed by atoms with Crippen molar-refractivity contribution in [3.05, 3.63) is 150 Å². The highest BCUT2D eigenvalue weighted by Gasteiger charge is 2.26. The molecule has 0 N–H and O–H groups in total. The molecule has 0 spiro atoms. The van der Waals surface area contributed by atoms with Crippen LogP contribution < -0.4 is 0 Å². The Hall–Kier alpha value is -6.18. The van der Waals surface area contributed by atoms with Crippen LogP contribution in [0.25, 0.3) is 84.1 Å². The summed E-state index contributed by atoms with van der Waals surface area (Å²) >= 11 is 0. The molecule has 0 saturated heterocycles. The third-order valence-corrected chi connectivity index (χ3v) is 8.91. The molecular formula is C40H23N3O. The summed E-state index contributed by atoms with van der Waals surface area (Å²) in [4.78, 5) is 0. The largest absolute Gasteiger partial charge is 0.439 e. The highest BCUT2D eigenvalue weighted by Crippen LogP contribution is 2.43. The van der Waals surface area contributed by atoms with Gasteiger partial charge in [0.05, 0.1) is 22.1 Å². The lowest BCUT2D eigenvalue weighted by atomic mass is 10.1. The second-order valence-electron chi connectivity index (χ2n) is 11.2. The van der Waals surface area contributed by atoms with Crippen LogP contribution in [0.3, 0.4) is 0 Å². The number of rotatable bonds is 3. The van der Waals surface area contributed by atoms with E-state index in [0.717, 1.165) is 72.5 Å². The average molecular weight is 562 g/mol. The maximum atomic E-state index is 6.56. The zero-order chi connectivity index (χ0) is 28.8. The lowest BCUT2D eigenvalue weighted by molar-refractivity contribution is 0.645. The molecule has 10 rings (SSSR count). The van der Waals surface area contributed by atoms with Crippen molar-refractivity contribution >= 4 is 67.1 Å². The Balaban J connectivity index is 1.37. The second kappa shape index (κ2) is 8.67. The van der Waals surface area contributed by atoms with Gasteiger partial charge in [-0.1, -0.05) is 84.3 Å². The van der Waals surface area contributed by atoms with E-state index in [0.29, 0.717) is 0 Å². The van der Waals surface area contributed by atoms with Crippen molar-refractivity contribution in [2.24, 2.45) is 0 Å². The van der Waals surface area contributed by atoms with Crippen LogP contribution in [0.1, 0.15) is 11.3 Å². The van der Waals surface area contributed by atoms with E-state index >= 15 is 0 Å². The molecule has 0 amide bonds. The monoisotopic (exact) mass is 561 g/mol. The van der Waals surface area contributed by atoms with Gasteiger partial charge in [-0.25, -0.2) is 0 Å². The predicted molar refractivity (Wildman–Crippen MR) is 180 cm³/mol. The first-order valence-corrected chi connectivity index (χ1v) is 14.8. The molecule has 1 aliphatic carbocycles. The van der Waals surface area contributed by atoms with E-state index in [1.54, 1.807) is 0 Å². The Morgan fingerprint density at radius 3 is 1.95 bits per heavy atom. The maximum absolute atomic E-state index is 6.56. The van der Waals surface area contributed by atoms with E-state index in [1.807, 2.05) is 18.2 Å². The first kappa shape index (κ1) is 23.4. The zero-order valence-corrected chi connectivity index (χ0v) is 23.5. The SMILES string of the molecule is C1=C=Cc2c(c3c4ccccc4n(-c4ccc5c6c7ccccc7oc6n(-c6ccccc6)c5c4)c3n2-c2ccccc2)C=1. The number of aromatic nitrogens is 3. The smallest absolute Gasteiger partial charge is 0.213 e. The molecule has 0 aliphatic heterocycles. The number of furan rings is 1. The summed E-state index contributed by atoms with van der Waals surface area (Å²) in [6, 6.07) is 44.9. The van der Waals surface area contributed by atoms with Crippen LogP contribution in [-0.4, -0.2) is 13.7 Å². The molecule has 4 heteroatoms. The van der Waals surface area contributed by atoms with Crippen LogP contribution in [-0.2, 0) is 0 Å². The van der Waals surface area contributed by atoms with Crippen molar-refractivity contribution < 1.29 is 4.42 Å². The van der Waals surface area contributed by atoms with Crippen LogP contribution in [0.5, 0.6) is 0 Å². The second-order valence-corrected chi connectivity index (χ2v) is 11.2. The quantitative estimate of drug-likeness (QED) is 0.197. The Morgan fingerprint density at radius 1 is 0.477 bits per heavy atom. The van der Waals surface area contributed by atoms with Gasteiger partial charge in [0.1, 0.15) is 11.2 Å². The molecule has 204 valence electrons. The Kier molecular flexibility index (Phi) is 4.61. The molecule has 5 aromatic carbocycles. The lowest BCUT2D eigenvalue weighted by Gasteiger charge is -2.14. The van der Waals surface area contributed by atoms with Crippen molar-refractivity contribution in [3.8, 4) is 17.1 Å². The summed E-state index contributed by atoms with van der Waals surface area (Å²) in [7, 11) is 0. The minimum atomic E-state index is 0.858. The first-order valence-electron chi connectivity index (χ1n) is 14.8. The number of fused-ring (bicyclic) bond motifs is 10. The number of hydrogen-bond donors (Lipinski definition) is 0. The topological polar surface area (TPSA) is 27.9 Å². The van der Waals surface area contributed by atoms with Gasteiger partial charge in [0, 0.05) is 50.2 Å². The van der Waals surface area contributed by atoms with E-state index in [1.165, 1.54) is 10.8 Å². The van der Waals surface area contributed by atoms with E-state index in [-0.39, 0.29) is 0 Å². The van der Waals surface area contributed by atoms with Crippen molar-refractivity contribution in [3.63, 3.8) is 0 Å². The lowest BCUT2D eigenvalue weighted by Crippen LogP contribution is -2.03. The van der Waals surface area contributed by atoms with Crippen molar-refractivity contribution in [2.45, 2.75) is 0 Å². The van der Waals surface area contributed by atoms with Crippen molar-refractivity contribution in [2.75, 3.05) is 0 Å². The van der Waals surface area contributed by atoms with Crippen molar-refractivity contribution in [1.82, 2.24) is 13.7 Å². The molecule has 44 heavy (non-hydrogen) atoms. The highest BCUT2D eigenvalue weighted by atomic mass is 16.3. The molecule has 4 heterocycles. The van der Waals surface area contributed by atoms with Gasteiger partial charge in [0.25, 0.3) is 0 Å². The van der Waals surface area contributed by atoms with Gasteiger partial charge < -0.3 is 4.42 Å². The van der Waals surface area contributed by atoms with Gasteiger partial charge in [0.2, 0.25) is 5.71 Å². The Bertz CT molecular complexity index is 2720. The Morgan fingerprint density at radius 2 is 1.14 bits per heavy atom. The summed E-state index contributed by atoms with van der Waals surface area (Å²) in [6.07, 6.45) is 4.11. The minimum absolute atomic E-state index is 0.858. The molecule has 1 aliphatic rings. The molecule has 0 bridgehead atoms. The number of para-hydroxylation sites is 4. The van der Waals surface area contributed by atoms with Crippen LogP contribution in [0.4, 0.5) is 0 Å². The third-order valence-electron chi connectivity index (χ3n) is 8.91. The molecule has 0 atom stereocenters. The molecule has 4 nitrogen and oxygen atoms in total. The van der Waals surface area contributed by atoms with Gasteiger partial charge in [-0.2, -0.15) is 0 Å². The summed E-state index contributed by atoms with van der Waals surface area (Å²) in [5.41, 5.74) is 17.1. The summed E-state index contributed by atoms with van der Waals surface area (Å²) < 4.78 is 13.6. The van der Waals surface area contributed by atoms with Gasteiger partial charge >= 0.3 is 0 Å². The summed E-state index contributed by atoms with van der Waals surface area (Å²) in [5.74, 6) is 0. The van der Waals surface area contributed by atoms with Gasteiger partial charge in [-0.15, -0.1) is 0 Å². The number of hydrogen-bond acceptors (Lipinski definition) is 1.